The second-order valence-corrected chi connectivity index (χ2v) is 4.58. The summed E-state index contributed by atoms with van der Waals surface area (Å²) in [6, 6.07) is 0.758. The molecule has 2 saturated heterocycles. The van der Waals surface area contributed by atoms with E-state index >= 15 is 0 Å². The van der Waals surface area contributed by atoms with Crippen LogP contribution in [-0.4, -0.2) is 28.9 Å². The predicted octanol–water partition coefficient (Wildman–Crippen LogP) is 1.27. The standard InChI is InChI=1S/C11H20N2O/c1-2-10(12)11(14)13-8-4-3-5-9(13)7-6-8/h8-10H,2-7,12H2,1H3. The van der Waals surface area contributed by atoms with Gasteiger partial charge in [-0.2, -0.15) is 0 Å². The Labute approximate surface area is 85.6 Å². The van der Waals surface area contributed by atoms with Gasteiger partial charge < -0.3 is 10.6 Å². The van der Waals surface area contributed by atoms with Crippen LogP contribution in [-0.2, 0) is 4.79 Å². The first-order valence-corrected chi connectivity index (χ1v) is 5.81. The highest BCUT2D eigenvalue weighted by Crippen LogP contribution is 2.35. The third kappa shape index (κ3) is 1.54. The van der Waals surface area contributed by atoms with E-state index in [2.05, 4.69) is 4.90 Å². The summed E-state index contributed by atoms with van der Waals surface area (Å²) in [6.07, 6.45) is 6.84. The molecule has 14 heavy (non-hydrogen) atoms. The normalized spacial score (nSPS) is 33.1. The van der Waals surface area contributed by atoms with Crippen LogP contribution < -0.4 is 5.73 Å². The molecule has 2 aliphatic rings. The molecular weight excluding hydrogens is 176 g/mol. The fourth-order valence-electron chi connectivity index (χ4n) is 2.84. The van der Waals surface area contributed by atoms with E-state index < -0.39 is 0 Å². The van der Waals surface area contributed by atoms with Gasteiger partial charge in [0.2, 0.25) is 5.91 Å². The minimum Gasteiger partial charge on any atom is -0.335 e. The van der Waals surface area contributed by atoms with Crippen molar-refractivity contribution < 1.29 is 4.79 Å². The number of fused-ring (bicyclic) bond motifs is 2. The molecule has 2 heterocycles. The average Bonchev–Trinajstić information content (AvgIpc) is 2.46. The molecule has 0 saturated carbocycles. The Hall–Kier alpha value is -0.570. The van der Waals surface area contributed by atoms with E-state index in [0.717, 1.165) is 6.42 Å². The molecule has 0 aromatic heterocycles. The molecule has 3 atom stereocenters. The molecule has 2 N–H and O–H groups in total. The second-order valence-electron chi connectivity index (χ2n) is 4.58. The van der Waals surface area contributed by atoms with E-state index in [1.807, 2.05) is 6.92 Å². The Morgan fingerprint density at radius 2 is 1.93 bits per heavy atom. The van der Waals surface area contributed by atoms with Crippen LogP contribution >= 0.6 is 0 Å². The van der Waals surface area contributed by atoms with E-state index in [0.29, 0.717) is 12.1 Å². The molecule has 80 valence electrons. The minimum atomic E-state index is -0.267. The number of hydrogen-bond donors (Lipinski definition) is 1. The Kier molecular flexibility index (Phi) is 2.77. The molecule has 0 aliphatic carbocycles. The summed E-state index contributed by atoms with van der Waals surface area (Å²) in [4.78, 5) is 14.1. The van der Waals surface area contributed by atoms with Crippen molar-refractivity contribution in [2.75, 3.05) is 0 Å². The largest absolute Gasteiger partial charge is 0.335 e. The molecule has 3 unspecified atom stereocenters. The van der Waals surface area contributed by atoms with Crippen LogP contribution in [0.25, 0.3) is 0 Å². The number of carbonyl (C=O) groups excluding carboxylic acids is 1. The zero-order valence-electron chi connectivity index (χ0n) is 8.91. The first-order valence-electron chi connectivity index (χ1n) is 5.81. The smallest absolute Gasteiger partial charge is 0.239 e. The van der Waals surface area contributed by atoms with Crippen molar-refractivity contribution in [1.29, 1.82) is 0 Å². The summed E-state index contributed by atoms with van der Waals surface area (Å²) < 4.78 is 0. The summed E-state index contributed by atoms with van der Waals surface area (Å²) in [5, 5.41) is 0. The van der Waals surface area contributed by atoms with Crippen molar-refractivity contribution in [3.63, 3.8) is 0 Å². The van der Waals surface area contributed by atoms with Gasteiger partial charge in [0.05, 0.1) is 6.04 Å². The van der Waals surface area contributed by atoms with Gasteiger partial charge >= 0.3 is 0 Å². The number of nitrogens with two attached hydrogens (primary N) is 1. The van der Waals surface area contributed by atoms with Crippen LogP contribution in [0.3, 0.4) is 0 Å². The van der Waals surface area contributed by atoms with Crippen LogP contribution in [0.4, 0.5) is 0 Å². The molecular formula is C11H20N2O. The number of rotatable bonds is 2. The molecule has 3 heteroatoms. The van der Waals surface area contributed by atoms with E-state index in [4.69, 9.17) is 5.73 Å². The number of nitrogens with zero attached hydrogens (tertiary/aromatic N) is 1. The number of amides is 1. The van der Waals surface area contributed by atoms with E-state index in [1.54, 1.807) is 0 Å². The van der Waals surface area contributed by atoms with Crippen molar-refractivity contribution >= 4 is 5.91 Å². The fraction of sp³-hybridized carbons (Fsp3) is 0.909. The van der Waals surface area contributed by atoms with E-state index in [1.165, 1.54) is 32.1 Å². The Morgan fingerprint density at radius 1 is 1.36 bits per heavy atom. The molecule has 0 aromatic rings. The molecule has 2 fully saturated rings. The highest BCUT2D eigenvalue weighted by atomic mass is 16.2. The molecule has 2 bridgehead atoms. The highest BCUT2D eigenvalue weighted by Gasteiger charge is 2.40. The highest BCUT2D eigenvalue weighted by molar-refractivity contribution is 5.82. The van der Waals surface area contributed by atoms with Crippen LogP contribution in [0.5, 0.6) is 0 Å². The van der Waals surface area contributed by atoms with Crippen molar-refractivity contribution in [3.8, 4) is 0 Å². The lowest BCUT2D eigenvalue weighted by atomic mass is 10.0. The first kappa shape index (κ1) is 9.97. The lowest BCUT2D eigenvalue weighted by Crippen LogP contribution is -2.50. The van der Waals surface area contributed by atoms with Gasteiger partial charge in [0.25, 0.3) is 0 Å². The van der Waals surface area contributed by atoms with Gasteiger partial charge in [0.1, 0.15) is 0 Å². The van der Waals surface area contributed by atoms with Crippen LogP contribution in [0.1, 0.15) is 45.4 Å². The summed E-state index contributed by atoms with van der Waals surface area (Å²) in [7, 11) is 0. The van der Waals surface area contributed by atoms with E-state index in [9.17, 15) is 4.79 Å². The lowest BCUT2D eigenvalue weighted by Gasteiger charge is -2.36. The maximum absolute atomic E-state index is 12.0. The number of hydrogen-bond acceptors (Lipinski definition) is 2. The summed E-state index contributed by atoms with van der Waals surface area (Å²) in [6.45, 7) is 1.98. The molecule has 2 rings (SSSR count). The molecule has 2 aliphatic heterocycles. The van der Waals surface area contributed by atoms with Gasteiger partial charge in [-0.05, 0) is 38.5 Å². The van der Waals surface area contributed by atoms with Crippen molar-refractivity contribution in [2.24, 2.45) is 5.73 Å². The maximum atomic E-state index is 12.0. The first-order chi connectivity index (χ1) is 6.74. The molecule has 0 spiro atoms. The average molecular weight is 196 g/mol. The third-order valence-electron chi connectivity index (χ3n) is 3.71. The monoisotopic (exact) mass is 196 g/mol. The van der Waals surface area contributed by atoms with Crippen molar-refractivity contribution in [3.05, 3.63) is 0 Å². The van der Waals surface area contributed by atoms with Crippen molar-refractivity contribution in [2.45, 2.75) is 63.6 Å². The van der Waals surface area contributed by atoms with Gasteiger partial charge in [-0.25, -0.2) is 0 Å². The minimum absolute atomic E-state index is 0.194. The quantitative estimate of drug-likeness (QED) is 0.723. The third-order valence-corrected chi connectivity index (χ3v) is 3.71. The summed E-state index contributed by atoms with van der Waals surface area (Å²) in [5.74, 6) is 0.194. The summed E-state index contributed by atoms with van der Waals surface area (Å²) in [5.41, 5.74) is 5.81. The lowest BCUT2D eigenvalue weighted by molar-refractivity contribution is -0.137. The summed E-state index contributed by atoms with van der Waals surface area (Å²) >= 11 is 0. The van der Waals surface area contributed by atoms with Crippen molar-refractivity contribution in [1.82, 2.24) is 4.90 Å². The van der Waals surface area contributed by atoms with Crippen LogP contribution in [0.2, 0.25) is 0 Å². The van der Waals surface area contributed by atoms with Gasteiger partial charge in [0.15, 0.2) is 0 Å². The fourth-order valence-corrected chi connectivity index (χ4v) is 2.84. The molecule has 3 nitrogen and oxygen atoms in total. The topological polar surface area (TPSA) is 46.3 Å². The molecule has 0 radical (unpaired) electrons. The van der Waals surface area contributed by atoms with Gasteiger partial charge in [-0.3, -0.25) is 4.79 Å². The van der Waals surface area contributed by atoms with E-state index in [-0.39, 0.29) is 11.9 Å². The Morgan fingerprint density at radius 3 is 2.43 bits per heavy atom. The Bertz CT molecular complexity index is 213. The SMILES string of the molecule is CCC(N)C(=O)N1C2CCCC1CC2. The second kappa shape index (κ2) is 3.89. The Balaban J connectivity index is 2.07. The molecule has 0 aromatic carbocycles. The van der Waals surface area contributed by atoms with Crippen LogP contribution in [0.15, 0.2) is 0 Å². The van der Waals surface area contributed by atoms with Gasteiger partial charge in [-0.1, -0.05) is 6.92 Å². The molecule has 1 amide bonds. The van der Waals surface area contributed by atoms with Gasteiger partial charge in [-0.15, -0.1) is 0 Å². The maximum Gasteiger partial charge on any atom is 0.239 e. The number of piperidine rings is 1. The van der Waals surface area contributed by atoms with Crippen LogP contribution in [0, 0.1) is 0 Å². The number of carbonyl (C=O) groups is 1. The van der Waals surface area contributed by atoms with Gasteiger partial charge in [0, 0.05) is 12.1 Å². The zero-order valence-corrected chi connectivity index (χ0v) is 8.91. The zero-order chi connectivity index (χ0) is 10.1. The predicted molar refractivity (Wildman–Crippen MR) is 55.8 cm³/mol.